The number of carbonyl (C=O) groups is 2. The van der Waals surface area contributed by atoms with Crippen molar-refractivity contribution in [2.75, 3.05) is 11.4 Å². The van der Waals surface area contributed by atoms with Crippen LogP contribution >= 0.6 is 11.9 Å². The van der Waals surface area contributed by atoms with Crippen molar-refractivity contribution in [2.45, 2.75) is 69.3 Å². The number of anilines is 1. The maximum Gasteiger partial charge on any atom is 0.573 e. The number of ether oxygens (including phenoxy) is 1. The summed E-state index contributed by atoms with van der Waals surface area (Å²) in [6.07, 6.45) is 1.20. The van der Waals surface area contributed by atoms with Gasteiger partial charge in [-0.1, -0.05) is 73.4 Å². The molecule has 4 aromatic rings. The summed E-state index contributed by atoms with van der Waals surface area (Å²) in [5.74, 6) is -1.90. The number of benzene rings is 4. The van der Waals surface area contributed by atoms with Crippen LogP contribution < -0.4 is 9.64 Å². The number of hydrogen-bond acceptors (Lipinski definition) is 6. The normalized spacial score (nSPS) is 13.8. The fourth-order valence-corrected chi connectivity index (χ4v) is 6.76. The van der Waals surface area contributed by atoms with E-state index in [1.807, 2.05) is 43.3 Å². The Kier molecular flexibility index (Phi) is 11.3. The molecule has 1 fully saturated rings. The minimum atomic E-state index is -4.81. The number of alkyl halides is 3. The summed E-state index contributed by atoms with van der Waals surface area (Å²) in [6.45, 7) is 2.23. The topological polar surface area (TPSA) is 90.3 Å². The van der Waals surface area contributed by atoms with Gasteiger partial charge in [-0.3, -0.25) is 4.79 Å². The molecule has 0 aromatic heterocycles. The third-order valence-electron chi connectivity index (χ3n) is 8.30. The lowest BCUT2D eigenvalue weighted by Crippen LogP contribution is -2.37. The lowest BCUT2D eigenvalue weighted by molar-refractivity contribution is -0.274. The third kappa shape index (κ3) is 9.77. The van der Waals surface area contributed by atoms with E-state index in [2.05, 4.69) is 16.9 Å². The second-order valence-corrected chi connectivity index (χ2v) is 13.1. The van der Waals surface area contributed by atoms with E-state index < -0.39 is 18.1 Å². The van der Waals surface area contributed by atoms with E-state index >= 15 is 0 Å². The summed E-state index contributed by atoms with van der Waals surface area (Å²) < 4.78 is 43.9. The molecule has 5 rings (SSSR count). The molecule has 48 heavy (non-hydrogen) atoms. The zero-order valence-corrected chi connectivity index (χ0v) is 27.3. The first-order valence-corrected chi connectivity index (χ1v) is 16.5. The highest BCUT2D eigenvalue weighted by Gasteiger charge is 2.31. The highest BCUT2D eigenvalue weighted by atomic mass is 32.2. The summed E-state index contributed by atoms with van der Waals surface area (Å²) in [7, 11) is 0. The number of nitrogens with zero attached hydrogens (tertiary/aromatic N) is 2. The van der Waals surface area contributed by atoms with Crippen molar-refractivity contribution in [1.29, 1.82) is 0 Å². The van der Waals surface area contributed by atoms with Crippen molar-refractivity contribution in [1.82, 2.24) is 4.31 Å². The molecule has 0 bridgehead atoms. The Morgan fingerprint density at radius 1 is 0.854 bits per heavy atom. The van der Waals surface area contributed by atoms with E-state index in [0.29, 0.717) is 17.2 Å². The van der Waals surface area contributed by atoms with E-state index in [4.69, 9.17) is 0 Å². The van der Waals surface area contributed by atoms with E-state index in [-0.39, 0.29) is 36.9 Å². The SMILES string of the molecule is Cc1ccc(SN(CC(=O)N(Cc2ccc(C3CCCCC3)cc2)c2ccc(C(=O)O)c(O)c2)Cc2ccc(OC(F)(F)F)cc2)cc1. The summed E-state index contributed by atoms with van der Waals surface area (Å²) in [6, 6.07) is 25.5. The molecule has 4 aromatic carbocycles. The van der Waals surface area contributed by atoms with Gasteiger partial charge in [-0.2, -0.15) is 0 Å². The first kappa shape index (κ1) is 34.8. The Hall–Kier alpha value is -4.48. The maximum atomic E-state index is 14.2. The number of halogens is 3. The summed E-state index contributed by atoms with van der Waals surface area (Å²) in [5.41, 5.74) is 3.90. The van der Waals surface area contributed by atoms with Crippen LogP contribution in [0.25, 0.3) is 0 Å². The molecule has 2 N–H and O–H groups in total. The molecule has 0 unspecified atom stereocenters. The summed E-state index contributed by atoms with van der Waals surface area (Å²) >= 11 is 1.33. The zero-order chi connectivity index (χ0) is 34.3. The van der Waals surface area contributed by atoms with Crippen molar-refractivity contribution in [3.05, 3.63) is 119 Å². The van der Waals surface area contributed by atoms with Gasteiger partial charge in [0.15, 0.2) is 0 Å². The van der Waals surface area contributed by atoms with Gasteiger partial charge in [0, 0.05) is 23.2 Å². The highest BCUT2D eigenvalue weighted by molar-refractivity contribution is 7.97. The second kappa shape index (κ2) is 15.6. The van der Waals surface area contributed by atoms with Gasteiger partial charge in [-0.15, -0.1) is 13.2 Å². The first-order valence-electron chi connectivity index (χ1n) is 15.7. The number of rotatable bonds is 12. The largest absolute Gasteiger partial charge is 0.573 e. The molecule has 1 amide bonds. The Morgan fingerprint density at radius 3 is 2.08 bits per heavy atom. The molecule has 1 saturated carbocycles. The van der Waals surface area contributed by atoms with Crippen LogP contribution in [0, 0.1) is 6.92 Å². The lowest BCUT2D eigenvalue weighted by atomic mass is 9.84. The predicted molar refractivity (Wildman–Crippen MR) is 179 cm³/mol. The van der Waals surface area contributed by atoms with Crippen LogP contribution in [0.1, 0.15) is 70.6 Å². The molecule has 0 radical (unpaired) electrons. The smallest absolute Gasteiger partial charge is 0.507 e. The molecule has 0 spiro atoms. The van der Waals surface area contributed by atoms with Crippen molar-refractivity contribution < 1.29 is 37.7 Å². The third-order valence-corrected chi connectivity index (χ3v) is 9.30. The van der Waals surface area contributed by atoms with E-state index in [1.165, 1.54) is 84.1 Å². The number of aryl methyl sites for hydroxylation is 1. The molecule has 0 saturated heterocycles. The Labute approximate surface area is 282 Å². The molecule has 252 valence electrons. The van der Waals surface area contributed by atoms with Crippen molar-refractivity contribution in [3.8, 4) is 11.5 Å². The molecule has 7 nitrogen and oxygen atoms in total. The van der Waals surface area contributed by atoms with Gasteiger partial charge in [0.05, 0.1) is 13.1 Å². The van der Waals surface area contributed by atoms with Crippen molar-refractivity contribution in [3.63, 3.8) is 0 Å². The zero-order valence-electron chi connectivity index (χ0n) is 26.5. The van der Waals surface area contributed by atoms with E-state index in [1.54, 1.807) is 4.31 Å². The number of carboxylic acid groups (broad SMARTS) is 1. The number of amides is 1. The fourth-order valence-electron chi connectivity index (χ4n) is 5.81. The Morgan fingerprint density at radius 2 is 1.48 bits per heavy atom. The van der Waals surface area contributed by atoms with Crippen LogP contribution in [0.5, 0.6) is 11.5 Å². The molecule has 0 aliphatic heterocycles. The number of aromatic hydroxyl groups is 1. The number of carbonyl (C=O) groups excluding carboxylic acids is 1. The Balaban J connectivity index is 1.41. The van der Waals surface area contributed by atoms with Crippen LogP contribution in [0.15, 0.2) is 95.9 Å². The van der Waals surface area contributed by atoms with E-state index in [9.17, 15) is 33.0 Å². The number of phenols is 1. The van der Waals surface area contributed by atoms with Crippen molar-refractivity contribution in [2.24, 2.45) is 0 Å². The van der Waals surface area contributed by atoms with Crippen LogP contribution in [0.3, 0.4) is 0 Å². The van der Waals surface area contributed by atoms with Gasteiger partial charge in [-0.25, -0.2) is 9.10 Å². The quantitative estimate of drug-likeness (QED) is 0.145. The standard InChI is InChI=1S/C37H37F3N2O5S/c1-25-7-18-32(19-8-25)48-41(22-26-11-16-31(17-12-26)47-37(38,39)40)24-35(44)42(30-15-20-33(36(45)46)34(43)21-30)23-27-9-13-29(14-10-27)28-5-3-2-4-6-28/h7-21,28,43H,2-6,22-24H2,1H3,(H,45,46). The second-order valence-electron chi connectivity index (χ2n) is 12.0. The average Bonchev–Trinajstić information content (AvgIpc) is 3.05. The van der Waals surface area contributed by atoms with Gasteiger partial charge in [0.25, 0.3) is 0 Å². The molecule has 0 atom stereocenters. The molecule has 11 heteroatoms. The summed E-state index contributed by atoms with van der Waals surface area (Å²) in [4.78, 5) is 28.1. The Bertz CT molecular complexity index is 1690. The van der Waals surface area contributed by atoms with Gasteiger partial charge >= 0.3 is 12.3 Å². The molecular weight excluding hydrogens is 641 g/mol. The van der Waals surface area contributed by atoms with Gasteiger partial charge < -0.3 is 19.8 Å². The van der Waals surface area contributed by atoms with Gasteiger partial charge in [-0.05, 0) is 90.7 Å². The number of hydrogen-bond donors (Lipinski definition) is 2. The number of aromatic carboxylic acids is 1. The lowest BCUT2D eigenvalue weighted by Gasteiger charge is -2.28. The molecular formula is C37H37F3N2O5S. The van der Waals surface area contributed by atoms with Gasteiger partial charge in [0.1, 0.15) is 17.1 Å². The molecule has 1 aliphatic carbocycles. The number of carboxylic acids is 1. The summed E-state index contributed by atoms with van der Waals surface area (Å²) in [5, 5.41) is 20.0. The van der Waals surface area contributed by atoms with Crippen LogP contribution in [-0.4, -0.2) is 39.3 Å². The van der Waals surface area contributed by atoms with Crippen molar-refractivity contribution >= 4 is 29.5 Å². The maximum absolute atomic E-state index is 14.2. The predicted octanol–water partition coefficient (Wildman–Crippen LogP) is 9.09. The van der Waals surface area contributed by atoms with E-state index in [0.717, 1.165) is 28.9 Å². The van der Waals surface area contributed by atoms with Crippen LogP contribution in [0.4, 0.5) is 18.9 Å². The molecule has 0 heterocycles. The molecule has 1 aliphatic rings. The fraction of sp³-hybridized carbons (Fsp3) is 0.297. The highest BCUT2D eigenvalue weighted by Crippen LogP contribution is 2.34. The monoisotopic (exact) mass is 678 g/mol. The minimum Gasteiger partial charge on any atom is -0.507 e. The minimum absolute atomic E-state index is 0.110. The average molecular weight is 679 g/mol. The van der Waals surface area contributed by atoms with Gasteiger partial charge in [0.2, 0.25) is 5.91 Å². The van der Waals surface area contributed by atoms with Crippen LogP contribution in [-0.2, 0) is 17.9 Å². The van der Waals surface area contributed by atoms with Crippen LogP contribution in [0.2, 0.25) is 0 Å². The first-order chi connectivity index (χ1) is 22.9.